The van der Waals surface area contributed by atoms with Crippen molar-refractivity contribution >= 4 is 17.7 Å². The van der Waals surface area contributed by atoms with Crippen molar-refractivity contribution in [3.63, 3.8) is 0 Å². The Balaban J connectivity index is 2.82. The Hall–Kier alpha value is -0.840. The van der Waals surface area contributed by atoms with Crippen LogP contribution in [-0.2, 0) is 11.2 Å². The van der Waals surface area contributed by atoms with Crippen molar-refractivity contribution in [1.82, 2.24) is 15.0 Å². The first kappa shape index (κ1) is 13.2. The van der Waals surface area contributed by atoms with Crippen LogP contribution >= 0.6 is 11.8 Å². The molecule has 0 bridgehead atoms. The number of hydrogen-bond acceptors (Lipinski definition) is 5. The number of nitrogens with two attached hydrogens (primary N) is 1. The molecule has 90 valence electrons. The van der Waals surface area contributed by atoms with Crippen molar-refractivity contribution in [2.75, 3.05) is 11.5 Å². The van der Waals surface area contributed by atoms with Gasteiger partial charge in [-0.15, -0.1) is 0 Å². The van der Waals surface area contributed by atoms with Gasteiger partial charge in [0.25, 0.3) is 0 Å². The maximum Gasteiger partial charge on any atom is 0.223 e. The first-order valence-electron chi connectivity index (χ1n) is 5.52. The first-order valence-corrected chi connectivity index (χ1v) is 6.67. The minimum Gasteiger partial charge on any atom is -0.368 e. The first-order chi connectivity index (χ1) is 7.43. The third kappa shape index (κ3) is 3.96. The molecule has 0 aliphatic rings. The van der Waals surface area contributed by atoms with Crippen LogP contribution in [0.15, 0.2) is 0 Å². The smallest absolute Gasteiger partial charge is 0.223 e. The van der Waals surface area contributed by atoms with E-state index in [-0.39, 0.29) is 5.41 Å². The van der Waals surface area contributed by atoms with Gasteiger partial charge in [-0.2, -0.15) is 21.7 Å². The second kappa shape index (κ2) is 5.48. The molecule has 0 amide bonds. The summed E-state index contributed by atoms with van der Waals surface area (Å²) in [7, 11) is 0. The summed E-state index contributed by atoms with van der Waals surface area (Å²) in [4.78, 5) is 12.8. The summed E-state index contributed by atoms with van der Waals surface area (Å²) in [5.74, 6) is 3.81. The predicted molar refractivity (Wildman–Crippen MR) is 69.4 cm³/mol. The van der Waals surface area contributed by atoms with E-state index in [1.165, 1.54) is 0 Å². The fourth-order valence-corrected chi connectivity index (χ4v) is 1.89. The van der Waals surface area contributed by atoms with E-state index in [9.17, 15) is 0 Å². The zero-order valence-corrected chi connectivity index (χ0v) is 11.3. The molecule has 0 atom stereocenters. The van der Waals surface area contributed by atoms with E-state index in [4.69, 9.17) is 5.73 Å². The lowest BCUT2D eigenvalue weighted by Gasteiger charge is -2.17. The van der Waals surface area contributed by atoms with Gasteiger partial charge in [0.05, 0.1) is 5.75 Å². The van der Waals surface area contributed by atoms with E-state index in [1.54, 1.807) is 0 Å². The molecule has 16 heavy (non-hydrogen) atoms. The Morgan fingerprint density at radius 1 is 1.19 bits per heavy atom. The standard InChI is InChI=1S/C11H20N4S/c1-5-6-16-7-8-13-9(11(2,3)4)15-10(12)14-8/h5-7H2,1-4H3,(H2,12,13,14,15). The summed E-state index contributed by atoms with van der Waals surface area (Å²) < 4.78 is 0. The molecule has 0 aliphatic heterocycles. The third-order valence-corrected chi connectivity index (χ3v) is 3.11. The maximum absolute atomic E-state index is 5.69. The molecule has 0 radical (unpaired) electrons. The zero-order valence-electron chi connectivity index (χ0n) is 10.4. The Morgan fingerprint density at radius 2 is 1.88 bits per heavy atom. The highest BCUT2D eigenvalue weighted by Crippen LogP contribution is 2.19. The zero-order chi connectivity index (χ0) is 12.2. The van der Waals surface area contributed by atoms with Gasteiger partial charge in [0.2, 0.25) is 5.95 Å². The SMILES string of the molecule is CCCSCc1nc(N)nc(C(C)(C)C)n1. The van der Waals surface area contributed by atoms with E-state index in [2.05, 4.69) is 42.6 Å². The molecule has 0 unspecified atom stereocenters. The number of anilines is 1. The fraction of sp³-hybridized carbons (Fsp3) is 0.727. The highest BCUT2D eigenvalue weighted by molar-refractivity contribution is 7.98. The van der Waals surface area contributed by atoms with Gasteiger partial charge >= 0.3 is 0 Å². The minimum atomic E-state index is -0.0821. The van der Waals surface area contributed by atoms with Gasteiger partial charge in [0.1, 0.15) is 11.6 Å². The molecule has 1 heterocycles. The summed E-state index contributed by atoms with van der Waals surface area (Å²) in [5.41, 5.74) is 5.61. The van der Waals surface area contributed by atoms with E-state index < -0.39 is 0 Å². The van der Waals surface area contributed by atoms with Crippen LogP contribution in [0, 0.1) is 0 Å². The van der Waals surface area contributed by atoms with Crippen molar-refractivity contribution in [2.24, 2.45) is 0 Å². The van der Waals surface area contributed by atoms with Crippen molar-refractivity contribution in [1.29, 1.82) is 0 Å². The largest absolute Gasteiger partial charge is 0.368 e. The molecule has 0 spiro atoms. The predicted octanol–water partition coefficient (Wildman–Crippen LogP) is 2.39. The van der Waals surface area contributed by atoms with Crippen LogP contribution in [0.5, 0.6) is 0 Å². The second-order valence-electron chi connectivity index (χ2n) is 4.74. The Kier molecular flexibility index (Phi) is 4.53. The average molecular weight is 240 g/mol. The number of thioether (sulfide) groups is 1. The average Bonchev–Trinajstić information content (AvgIpc) is 2.16. The van der Waals surface area contributed by atoms with Crippen molar-refractivity contribution in [3.05, 3.63) is 11.6 Å². The van der Waals surface area contributed by atoms with Crippen molar-refractivity contribution < 1.29 is 0 Å². The van der Waals surface area contributed by atoms with E-state index >= 15 is 0 Å². The molecule has 4 nitrogen and oxygen atoms in total. The highest BCUT2D eigenvalue weighted by Gasteiger charge is 2.19. The van der Waals surface area contributed by atoms with Gasteiger partial charge in [0, 0.05) is 5.41 Å². The summed E-state index contributed by atoms with van der Waals surface area (Å²) in [6.07, 6.45) is 1.16. The molecule has 1 rings (SSSR count). The molecule has 0 fully saturated rings. The van der Waals surface area contributed by atoms with Crippen LogP contribution in [0.3, 0.4) is 0 Å². The molecule has 1 aromatic rings. The summed E-state index contributed by atoms with van der Waals surface area (Å²) >= 11 is 1.83. The monoisotopic (exact) mass is 240 g/mol. The van der Waals surface area contributed by atoms with Gasteiger partial charge in [-0.25, -0.2) is 4.98 Å². The van der Waals surface area contributed by atoms with Crippen LogP contribution < -0.4 is 5.73 Å². The third-order valence-electron chi connectivity index (χ3n) is 1.95. The summed E-state index contributed by atoms with van der Waals surface area (Å²) in [6.45, 7) is 8.38. The Bertz CT molecular complexity index is 346. The van der Waals surface area contributed by atoms with E-state index in [0.717, 1.165) is 29.6 Å². The quantitative estimate of drug-likeness (QED) is 0.819. The van der Waals surface area contributed by atoms with Crippen LogP contribution in [0.25, 0.3) is 0 Å². The molecule has 5 heteroatoms. The van der Waals surface area contributed by atoms with Crippen molar-refractivity contribution in [3.8, 4) is 0 Å². The number of rotatable bonds is 4. The molecule has 0 saturated heterocycles. The van der Waals surface area contributed by atoms with Gasteiger partial charge < -0.3 is 5.73 Å². The molecule has 0 aliphatic carbocycles. The summed E-state index contributed by atoms with van der Waals surface area (Å²) in [6, 6.07) is 0. The van der Waals surface area contributed by atoms with E-state index in [1.807, 2.05) is 11.8 Å². The minimum absolute atomic E-state index is 0.0821. The van der Waals surface area contributed by atoms with Gasteiger partial charge in [-0.1, -0.05) is 27.7 Å². The lowest BCUT2D eigenvalue weighted by atomic mass is 9.96. The Labute approximate surface area is 101 Å². The number of aromatic nitrogens is 3. The summed E-state index contributed by atoms with van der Waals surface area (Å²) in [5, 5.41) is 0. The lowest BCUT2D eigenvalue weighted by Crippen LogP contribution is -2.19. The number of nitrogens with zero attached hydrogens (tertiary/aromatic N) is 3. The van der Waals surface area contributed by atoms with Crippen LogP contribution in [0.1, 0.15) is 45.8 Å². The van der Waals surface area contributed by atoms with E-state index in [0.29, 0.717) is 5.95 Å². The topological polar surface area (TPSA) is 64.7 Å². The normalized spacial score (nSPS) is 11.8. The second-order valence-corrected chi connectivity index (χ2v) is 5.84. The number of nitrogen functional groups attached to an aromatic ring is 1. The molecule has 0 aromatic carbocycles. The van der Waals surface area contributed by atoms with Crippen molar-refractivity contribution in [2.45, 2.75) is 45.3 Å². The molecule has 2 N–H and O–H groups in total. The van der Waals surface area contributed by atoms with Crippen LogP contribution in [0.4, 0.5) is 5.95 Å². The molecule has 1 aromatic heterocycles. The van der Waals surface area contributed by atoms with Crippen LogP contribution in [0.2, 0.25) is 0 Å². The van der Waals surface area contributed by atoms with Gasteiger partial charge in [-0.05, 0) is 12.2 Å². The Morgan fingerprint density at radius 3 is 2.44 bits per heavy atom. The number of hydrogen-bond donors (Lipinski definition) is 1. The lowest BCUT2D eigenvalue weighted by molar-refractivity contribution is 0.539. The molecule has 0 saturated carbocycles. The van der Waals surface area contributed by atoms with Gasteiger partial charge in [0.15, 0.2) is 0 Å². The highest BCUT2D eigenvalue weighted by atomic mass is 32.2. The molecular formula is C11H20N4S. The van der Waals surface area contributed by atoms with Gasteiger partial charge in [-0.3, -0.25) is 0 Å². The maximum atomic E-state index is 5.69. The molecular weight excluding hydrogens is 220 g/mol. The fourth-order valence-electron chi connectivity index (χ4n) is 1.15. The van der Waals surface area contributed by atoms with Crippen LogP contribution in [-0.4, -0.2) is 20.7 Å².